The van der Waals surface area contributed by atoms with E-state index in [1.54, 1.807) is 19.2 Å². The van der Waals surface area contributed by atoms with Gasteiger partial charge < -0.3 is 10.0 Å². The van der Waals surface area contributed by atoms with Gasteiger partial charge in [-0.2, -0.15) is 4.31 Å². The van der Waals surface area contributed by atoms with Gasteiger partial charge >= 0.3 is 5.97 Å². The minimum Gasteiger partial charge on any atom is -0.477 e. The van der Waals surface area contributed by atoms with E-state index in [1.165, 1.54) is 4.31 Å². The fraction of sp³-hybridized carbons (Fsp3) is 0.615. The molecule has 21 heavy (non-hydrogen) atoms. The topological polar surface area (TPSA) is 77.9 Å². The number of rotatable bonds is 8. The van der Waals surface area contributed by atoms with Gasteiger partial charge in [0.2, 0.25) is 10.0 Å². The molecule has 0 aliphatic heterocycles. The molecule has 1 rings (SSSR count). The Labute approximate surface area is 130 Å². The molecule has 1 N–H and O–H groups in total. The van der Waals surface area contributed by atoms with Crippen LogP contribution >= 0.6 is 11.3 Å². The molecular formula is C13H22N2O4S2. The van der Waals surface area contributed by atoms with E-state index < -0.39 is 16.0 Å². The Morgan fingerprint density at radius 2 is 1.95 bits per heavy atom. The molecule has 6 nitrogen and oxygen atoms in total. The first-order chi connectivity index (χ1) is 9.71. The first-order valence-electron chi connectivity index (χ1n) is 6.68. The first-order valence-corrected chi connectivity index (χ1v) is 9.00. The molecule has 0 atom stereocenters. The average Bonchev–Trinajstić information content (AvgIpc) is 2.76. The molecule has 0 aliphatic rings. The highest BCUT2D eigenvalue weighted by atomic mass is 32.2. The molecule has 0 fully saturated rings. The predicted molar refractivity (Wildman–Crippen MR) is 83.6 cm³/mol. The van der Waals surface area contributed by atoms with E-state index in [1.807, 2.05) is 19.0 Å². The summed E-state index contributed by atoms with van der Waals surface area (Å²) in [5, 5.41) is 10.7. The molecule has 0 saturated carbocycles. The van der Waals surface area contributed by atoms with Crippen LogP contribution in [0.3, 0.4) is 0 Å². The quantitative estimate of drug-likeness (QED) is 0.783. The fourth-order valence-electron chi connectivity index (χ4n) is 2.04. The second kappa shape index (κ2) is 7.35. The van der Waals surface area contributed by atoms with Crippen LogP contribution in [-0.4, -0.2) is 62.4 Å². The minimum absolute atomic E-state index is 0.0632. The highest BCUT2D eigenvalue weighted by Crippen LogP contribution is 2.29. The van der Waals surface area contributed by atoms with Crippen LogP contribution < -0.4 is 0 Å². The number of hydrogen-bond acceptors (Lipinski definition) is 5. The van der Waals surface area contributed by atoms with Gasteiger partial charge in [0.1, 0.15) is 9.77 Å². The Morgan fingerprint density at radius 3 is 2.43 bits per heavy atom. The van der Waals surface area contributed by atoms with Crippen molar-refractivity contribution in [3.63, 3.8) is 0 Å². The van der Waals surface area contributed by atoms with Crippen LogP contribution in [0.25, 0.3) is 0 Å². The summed E-state index contributed by atoms with van der Waals surface area (Å²) >= 11 is 0.954. The molecular weight excluding hydrogens is 312 g/mol. The van der Waals surface area contributed by atoms with E-state index >= 15 is 0 Å². The lowest BCUT2D eigenvalue weighted by molar-refractivity contribution is 0.0698. The molecule has 8 heteroatoms. The van der Waals surface area contributed by atoms with Gasteiger partial charge in [0.15, 0.2) is 0 Å². The molecule has 0 saturated heterocycles. The van der Waals surface area contributed by atoms with Crippen molar-refractivity contribution >= 4 is 27.3 Å². The molecule has 0 aromatic carbocycles. The highest BCUT2D eigenvalue weighted by Gasteiger charge is 2.31. The number of thiophene rings is 1. The number of aryl methyl sites for hydroxylation is 1. The summed E-state index contributed by atoms with van der Waals surface area (Å²) in [5.74, 6) is -1.20. The monoisotopic (exact) mass is 334 g/mol. The summed E-state index contributed by atoms with van der Waals surface area (Å²) in [5.41, 5.74) is 0.489. The van der Waals surface area contributed by atoms with Gasteiger partial charge in [-0.3, -0.25) is 0 Å². The zero-order valence-corrected chi connectivity index (χ0v) is 14.4. The van der Waals surface area contributed by atoms with Crippen molar-refractivity contribution in [3.05, 3.63) is 15.8 Å². The number of hydrogen-bond donors (Lipinski definition) is 1. The van der Waals surface area contributed by atoms with E-state index in [4.69, 9.17) is 5.11 Å². The lowest BCUT2D eigenvalue weighted by atomic mass is 10.3. The van der Waals surface area contributed by atoms with Gasteiger partial charge in [0, 0.05) is 13.1 Å². The van der Waals surface area contributed by atoms with Crippen LogP contribution in [0.15, 0.2) is 10.3 Å². The molecule has 0 spiro atoms. The molecule has 0 bridgehead atoms. The molecule has 0 radical (unpaired) electrons. The summed E-state index contributed by atoms with van der Waals surface area (Å²) in [6, 6.07) is 0. The number of aromatic carboxylic acids is 1. The highest BCUT2D eigenvalue weighted by molar-refractivity contribution is 7.89. The van der Waals surface area contributed by atoms with Gasteiger partial charge in [0.25, 0.3) is 0 Å². The maximum atomic E-state index is 12.7. The fourth-order valence-corrected chi connectivity index (χ4v) is 5.11. The average molecular weight is 334 g/mol. The van der Waals surface area contributed by atoms with Gasteiger partial charge in [0.05, 0.1) is 0 Å². The lowest BCUT2D eigenvalue weighted by Crippen LogP contribution is -2.34. The summed E-state index contributed by atoms with van der Waals surface area (Å²) in [6.45, 7) is 4.87. The third-order valence-electron chi connectivity index (χ3n) is 3.08. The van der Waals surface area contributed by atoms with Crippen molar-refractivity contribution in [2.24, 2.45) is 0 Å². The SMILES string of the molecule is CCN(CCCN(C)C)S(=O)(=O)c1c(C)csc1C(=O)O. The van der Waals surface area contributed by atoms with Crippen LogP contribution in [0, 0.1) is 6.92 Å². The van der Waals surface area contributed by atoms with E-state index in [-0.39, 0.29) is 9.77 Å². The molecule has 1 aromatic heterocycles. The maximum Gasteiger partial charge on any atom is 0.347 e. The second-order valence-corrected chi connectivity index (χ2v) is 7.79. The Balaban J connectivity index is 3.08. The number of carbonyl (C=O) groups is 1. The maximum absolute atomic E-state index is 12.7. The van der Waals surface area contributed by atoms with Crippen molar-refractivity contribution < 1.29 is 18.3 Å². The smallest absolute Gasteiger partial charge is 0.347 e. The van der Waals surface area contributed by atoms with E-state index in [2.05, 4.69) is 0 Å². The number of sulfonamides is 1. The number of carboxylic acids is 1. The van der Waals surface area contributed by atoms with Crippen LogP contribution in [0.4, 0.5) is 0 Å². The lowest BCUT2D eigenvalue weighted by Gasteiger charge is -2.21. The minimum atomic E-state index is -3.77. The summed E-state index contributed by atoms with van der Waals surface area (Å²) < 4.78 is 26.7. The van der Waals surface area contributed by atoms with E-state index in [0.717, 1.165) is 17.9 Å². The van der Waals surface area contributed by atoms with Gasteiger partial charge in [-0.15, -0.1) is 11.3 Å². The summed E-state index contributed by atoms with van der Waals surface area (Å²) in [4.78, 5) is 13.0. The van der Waals surface area contributed by atoms with Gasteiger partial charge in [-0.1, -0.05) is 6.92 Å². The van der Waals surface area contributed by atoms with E-state index in [9.17, 15) is 13.2 Å². The zero-order valence-electron chi connectivity index (χ0n) is 12.8. The molecule has 0 aliphatic carbocycles. The first kappa shape index (κ1) is 18.1. The Bertz CT molecular complexity index is 593. The normalized spacial score (nSPS) is 12.3. The summed E-state index contributed by atoms with van der Waals surface area (Å²) in [7, 11) is 0.0862. The molecule has 1 heterocycles. The Hall–Kier alpha value is -0.960. The predicted octanol–water partition coefficient (Wildman–Crippen LogP) is 1.72. The van der Waals surface area contributed by atoms with Crippen molar-refractivity contribution in [1.29, 1.82) is 0 Å². The second-order valence-electron chi connectivity index (χ2n) is 5.04. The zero-order chi connectivity index (χ0) is 16.2. The van der Waals surface area contributed by atoms with Crippen LogP contribution in [0.2, 0.25) is 0 Å². The number of nitrogens with zero attached hydrogens (tertiary/aromatic N) is 2. The molecule has 1 aromatic rings. The van der Waals surface area contributed by atoms with Crippen molar-refractivity contribution in [2.45, 2.75) is 25.2 Å². The van der Waals surface area contributed by atoms with Gasteiger partial charge in [-0.05, 0) is 44.9 Å². The van der Waals surface area contributed by atoms with Crippen LogP contribution in [0.1, 0.15) is 28.6 Å². The molecule has 0 amide bonds. The summed E-state index contributed by atoms with van der Waals surface area (Å²) in [6.07, 6.45) is 0.700. The van der Waals surface area contributed by atoms with Crippen molar-refractivity contribution in [2.75, 3.05) is 33.7 Å². The largest absolute Gasteiger partial charge is 0.477 e. The Kier molecular flexibility index (Phi) is 6.33. The van der Waals surface area contributed by atoms with E-state index in [0.29, 0.717) is 25.1 Å². The molecule has 0 unspecified atom stereocenters. The third-order valence-corrected chi connectivity index (χ3v) is 6.45. The number of carboxylic acid groups (broad SMARTS) is 1. The standard InChI is InChI=1S/C13H22N2O4S2/c1-5-15(8-6-7-14(3)4)21(18,19)12-10(2)9-20-11(12)13(16)17/h9H,5-8H2,1-4H3,(H,16,17). The van der Waals surface area contributed by atoms with Gasteiger partial charge in [-0.25, -0.2) is 13.2 Å². The Morgan fingerprint density at radius 1 is 1.33 bits per heavy atom. The third kappa shape index (κ3) is 4.26. The van der Waals surface area contributed by atoms with Crippen molar-refractivity contribution in [1.82, 2.24) is 9.21 Å². The molecule has 120 valence electrons. The van der Waals surface area contributed by atoms with Crippen LogP contribution in [0.5, 0.6) is 0 Å². The van der Waals surface area contributed by atoms with Crippen molar-refractivity contribution in [3.8, 4) is 0 Å². The van der Waals surface area contributed by atoms with Crippen LogP contribution in [-0.2, 0) is 10.0 Å².